The summed E-state index contributed by atoms with van der Waals surface area (Å²) < 4.78 is 90.5. The highest BCUT2D eigenvalue weighted by molar-refractivity contribution is 5.79. The van der Waals surface area contributed by atoms with Crippen LogP contribution in [0.25, 0.3) is 12.2 Å². The van der Waals surface area contributed by atoms with Gasteiger partial charge in [-0.1, -0.05) is 24.3 Å². The predicted octanol–water partition coefficient (Wildman–Crippen LogP) is 5.85. The lowest BCUT2D eigenvalue weighted by molar-refractivity contribution is -0.143. The van der Waals surface area contributed by atoms with Crippen molar-refractivity contribution in [2.45, 2.75) is 12.4 Å². The van der Waals surface area contributed by atoms with Gasteiger partial charge in [0.15, 0.2) is 6.29 Å². The monoisotopic (exact) mass is 362 g/mol. The molecule has 0 heterocycles. The number of alkyl halides is 6. The Balaban J connectivity index is 2.50. The summed E-state index contributed by atoms with van der Waals surface area (Å²) in [6.07, 6.45) is -7.77. The zero-order chi connectivity index (χ0) is 18.8. The SMILES string of the molecule is O=Cc1cccc(/C=C/c2cc(C(F)(F)F)cc(C(F)(F)F)c2)c1F. The molecule has 0 N–H and O–H groups in total. The third-order valence-corrected chi connectivity index (χ3v) is 3.25. The minimum Gasteiger partial charge on any atom is -0.298 e. The van der Waals surface area contributed by atoms with Crippen LogP contribution in [0.4, 0.5) is 30.7 Å². The van der Waals surface area contributed by atoms with Crippen LogP contribution in [0.2, 0.25) is 0 Å². The molecule has 2 aromatic rings. The van der Waals surface area contributed by atoms with Crippen molar-refractivity contribution in [3.63, 3.8) is 0 Å². The molecule has 0 atom stereocenters. The fourth-order valence-electron chi connectivity index (χ4n) is 2.05. The standard InChI is InChI=1S/C17H9F7O/c18-15-11(2-1-3-12(15)9-25)5-4-10-6-13(16(19,20)21)8-14(7-10)17(22,23)24/h1-9H/b5-4+. The smallest absolute Gasteiger partial charge is 0.298 e. The zero-order valence-electron chi connectivity index (χ0n) is 12.3. The summed E-state index contributed by atoms with van der Waals surface area (Å²) in [5.74, 6) is -0.920. The van der Waals surface area contributed by atoms with Crippen molar-refractivity contribution < 1.29 is 35.5 Å². The van der Waals surface area contributed by atoms with Gasteiger partial charge in [0.1, 0.15) is 5.82 Å². The zero-order valence-corrected chi connectivity index (χ0v) is 12.3. The van der Waals surface area contributed by atoms with Gasteiger partial charge in [0, 0.05) is 5.56 Å². The molecule has 0 aliphatic carbocycles. The van der Waals surface area contributed by atoms with Crippen molar-refractivity contribution >= 4 is 18.4 Å². The van der Waals surface area contributed by atoms with E-state index in [2.05, 4.69) is 0 Å². The molecule has 0 fully saturated rings. The molecule has 0 saturated heterocycles. The summed E-state index contributed by atoms with van der Waals surface area (Å²) in [5.41, 5.74) is -3.76. The molecule has 0 radical (unpaired) electrons. The summed E-state index contributed by atoms with van der Waals surface area (Å²) in [7, 11) is 0. The maximum absolute atomic E-state index is 13.9. The Labute approximate surface area is 137 Å². The fourth-order valence-corrected chi connectivity index (χ4v) is 2.05. The first-order valence-electron chi connectivity index (χ1n) is 6.73. The van der Waals surface area contributed by atoms with Crippen molar-refractivity contribution in [1.29, 1.82) is 0 Å². The van der Waals surface area contributed by atoms with Gasteiger partial charge in [-0.15, -0.1) is 0 Å². The van der Waals surface area contributed by atoms with Crippen LogP contribution in [0.5, 0.6) is 0 Å². The van der Waals surface area contributed by atoms with Crippen LogP contribution in [-0.2, 0) is 12.4 Å². The highest BCUT2D eigenvalue weighted by Crippen LogP contribution is 2.36. The Morgan fingerprint density at radius 2 is 1.28 bits per heavy atom. The lowest BCUT2D eigenvalue weighted by Gasteiger charge is -2.13. The van der Waals surface area contributed by atoms with E-state index >= 15 is 0 Å². The van der Waals surface area contributed by atoms with E-state index in [4.69, 9.17) is 0 Å². The summed E-state index contributed by atoms with van der Waals surface area (Å²) >= 11 is 0. The van der Waals surface area contributed by atoms with Gasteiger partial charge in [-0.2, -0.15) is 26.3 Å². The van der Waals surface area contributed by atoms with Gasteiger partial charge >= 0.3 is 12.4 Å². The van der Waals surface area contributed by atoms with Crippen molar-refractivity contribution in [2.75, 3.05) is 0 Å². The van der Waals surface area contributed by atoms with Crippen molar-refractivity contribution in [2.24, 2.45) is 0 Å². The molecule has 0 aromatic heterocycles. The second-order valence-electron chi connectivity index (χ2n) is 5.04. The van der Waals surface area contributed by atoms with Gasteiger partial charge in [0.05, 0.1) is 16.7 Å². The highest BCUT2D eigenvalue weighted by atomic mass is 19.4. The molecule has 0 amide bonds. The molecule has 132 valence electrons. The second kappa shape index (κ2) is 6.70. The summed E-state index contributed by atoms with van der Waals surface area (Å²) in [4.78, 5) is 10.6. The number of hydrogen-bond donors (Lipinski definition) is 0. The largest absolute Gasteiger partial charge is 0.416 e. The molecule has 2 aromatic carbocycles. The van der Waals surface area contributed by atoms with E-state index < -0.39 is 34.9 Å². The Hall–Kier alpha value is -2.64. The summed E-state index contributed by atoms with van der Waals surface area (Å²) in [6.45, 7) is 0. The molecule has 0 bridgehead atoms. The van der Waals surface area contributed by atoms with Gasteiger partial charge in [0.25, 0.3) is 0 Å². The van der Waals surface area contributed by atoms with Crippen LogP contribution in [0.1, 0.15) is 32.6 Å². The van der Waals surface area contributed by atoms with Crippen LogP contribution in [0, 0.1) is 5.82 Å². The van der Waals surface area contributed by atoms with Gasteiger partial charge in [-0.05, 0) is 29.8 Å². The topological polar surface area (TPSA) is 17.1 Å². The van der Waals surface area contributed by atoms with Crippen LogP contribution in [0.15, 0.2) is 36.4 Å². The van der Waals surface area contributed by atoms with E-state index in [1.165, 1.54) is 18.2 Å². The average Bonchev–Trinajstić information content (AvgIpc) is 2.52. The summed E-state index contributed by atoms with van der Waals surface area (Å²) in [6, 6.07) is 4.80. The van der Waals surface area contributed by atoms with Crippen molar-refractivity contribution in [1.82, 2.24) is 0 Å². The van der Waals surface area contributed by atoms with Crippen molar-refractivity contribution in [3.05, 3.63) is 70.0 Å². The van der Waals surface area contributed by atoms with E-state index in [-0.39, 0.29) is 23.5 Å². The lowest BCUT2D eigenvalue weighted by Crippen LogP contribution is -2.11. The van der Waals surface area contributed by atoms with Gasteiger partial charge in [0.2, 0.25) is 0 Å². The Morgan fingerprint density at radius 1 is 0.760 bits per heavy atom. The first-order chi connectivity index (χ1) is 11.5. The van der Waals surface area contributed by atoms with Crippen LogP contribution in [0.3, 0.4) is 0 Å². The van der Waals surface area contributed by atoms with Crippen LogP contribution >= 0.6 is 0 Å². The van der Waals surface area contributed by atoms with Crippen molar-refractivity contribution in [3.8, 4) is 0 Å². The third kappa shape index (κ3) is 4.46. The highest BCUT2D eigenvalue weighted by Gasteiger charge is 2.36. The number of benzene rings is 2. The molecule has 0 aliphatic heterocycles. The van der Waals surface area contributed by atoms with E-state index in [0.717, 1.165) is 12.2 Å². The molecule has 0 aliphatic rings. The molecule has 0 saturated carbocycles. The molecular formula is C17H9F7O. The molecule has 2 rings (SSSR count). The van der Waals surface area contributed by atoms with E-state index in [1.807, 2.05) is 0 Å². The van der Waals surface area contributed by atoms with E-state index in [0.29, 0.717) is 12.1 Å². The van der Waals surface area contributed by atoms with Gasteiger partial charge in [-0.3, -0.25) is 4.79 Å². The van der Waals surface area contributed by atoms with E-state index in [9.17, 15) is 35.5 Å². The number of carbonyl (C=O) groups is 1. The third-order valence-electron chi connectivity index (χ3n) is 3.25. The normalized spacial score (nSPS) is 12.6. The number of carbonyl (C=O) groups excluding carboxylic acids is 1. The van der Waals surface area contributed by atoms with E-state index in [1.54, 1.807) is 0 Å². The molecule has 25 heavy (non-hydrogen) atoms. The minimum absolute atomic E-state index is 0.00490. The molecule has 0 spiro atoms. The average molecular weight is 362 g/mol. The number of rotatable bonds is 3. The predicted molar refractivity (Wildman–Crippen MR) is 77.2 cm³/mol. The Morgan fingerprint density at radius 3 is 1.76 bits per heavy atom. The maximum atomic E-state index is 13.9. The molecule has 0 unspecified atom stereocenters. The quantitative estimate of drug-likeness (QED) is 0.381. The van der Waals surface area contributed by atoms with Gasteiger partial charge in [-0.25, -0.2) is 4.39 Å². The fraction of sp³-hybridized carbons (Fsp3) is 0.118. The summed E-state index contributed by atoms with van der Waals surface area (Å²) in [5, 5.41) is 0. The molecule has 8 heteroatoms. The molecular weight excluding hydrogens is 353 g/mol. The Bertz CT molecular complexity index is 784. The Kier molecular flexibility index (Phi) is 5.01. The first kappa shape index (κ1) is 18.7. The number of aldehydes is 1. The molecule has 1 nitrogen and oxygen atoms in total. The minimum atomic E-state index is -4.97. The number of hydrogen-bond acceptors (Lipinski definition) is 1. The lowest BCUT2D eigenvalue weighted by atomic mass is 10.0. The second-order valence-corrected chi connectivity index (χ2v) is 5.04. The van der Waals surface area contributed by atoms with Gasteiger partial charge < -0.3 is 0 Å². The maximum Gasteiger partial charge on any atom is 0.416 e. The number of halogens is 7. The van der Waals surface area contributed by atoms with Crippen LogP contribution in [-0.4, -0.2) is 6.29 Å². The van der Waals surface area contributed by atoms with Crippen LogP contribution < -0.4 is 0 Å². The first-order valence-corrected chi connectivity index (χ1v) is 6.73.